The average Bonchev–Trinajstić information content (AvgIpc) is 2.77. The zero-order chi connectivity index (χ0) is 23.8. The highest BCUT2D eigenvalue weighted by atomic mass is 32.2. The van der Waals surface area contributed by atoms with Crippen LogP contribution in [0.1, 0.15) is 55.2 Å². The minimum atomic E-state index is -3.88. The van der Waals surface area contributed by atoms with E-state index < -0.39 is 10.0 Å². The Morgan fingerprint density at radius 3 is 2.24 bits per heavy atom. The molecule has 5 nitrogen and oxygen atoms in total. The molecule has 1 fully saturated rings. The van der Waals surface area contributed by atoms with E-state index in [1.54, 1.807) is 24.3 Å². The summed E-state index contributed by atoms with van der Waals surface area (Å²) in [6.45, 7) is 6.09. The summed E-state index contributed by atoms with van der Waals surface area (Å²) >= 11 is 2.01. The lowest BCUT2D eigenvalue weighted by molar-refractivity contribution is -0.119. The zero-order valence-corrected chi connectivity index (χ0v) is 21.6. The maximum atomic E-state index is 13.5. The van der Waals surface area contributed by atoms with Crippen LogP contribution >= 0.6 is 11.8 Å². The first-order valence-corrected chi connectivity index (χ1v) is 14.3. The second-order valence-electron chi connectivity index (χ2n) is 9.00. The molecule has 1 aliphatic rings. The maximum Gasteiger partial charge on any atom is 0.264 e. The number of sulfonamides is 1. The SMILES string of the molecule is Cc1ccc(S(=O)(=O)N(CC(=O)NCCCSC2CCCCC2)c2cc(C)cc(C)c2)cc1. The van der Waals surface area contributed by atoms with Crippen LogP contribution in [0.3, 0.4) is 0 Å². The van der Waals surface area contributed by atoms with E-state index in [9.17, 15) is 13.2 Å². The van der Waals surface area contributed by atoms with Gasteiger partial charge in [0, 0.05) is 11.8 Å². The molecule has 180 valence electrons. The van der Waals surface area contributed by atoms with Crippen molar-refractivity contribution < 1.29 is 13.2 Å². The van der Waals surface area contributed by atoms with Crippen LogP contribution in [0.4, 0.5) is 5.69 Å². The number of benzene rings is 2. The van der Waals surface area contributed by atoms with Gasteiger partial charge >= 0.3 is 0 Å². The number of thioether (sulfide) groups is 1. The molecule has 1 saturated carbocycles. The fourth-order valence-corrected chi connectivity index (χ4v) is 6.93. The summed E-state index contributed by atoms with van der Waals surface area (Å²) in [4.78, 5) is 13.0. The van der Waals surface area contributed by atoms with Gasteiger partial charge in [-0.15, -0.1) is 0 Å². The van der Waals surface area contributed by atoms with Crippen molar-refractivity contribution in [2.45, 2.75) is 69.4 Å². The average molecular weight is 489 g/mol. The Hall–Kier alpha value is -1.99. The Labute approximate surface area is 203 Å². The first-order valence-electron chi connectivity index (χ1n) is 11.8. The van der Waals surface area contributed by atoms with E-state index in [-0.39, 0.29) is 17.3 Å². The van der Waals surface area contributed by atoms with Crippen LogP contribution in [0.2, 0.25) is 0 Å². The van der Waals surface area contributed by atoms with Gasteiger partial charge in [0.1, 0.15) is 6.54 Å². The molecule has 0 atom stereocenters. The predicted molar refractivity (Wildman–Crippen MR) is 139 cm³/mol. The Bertz CT molecular complexity index is 1010. The van der Waals surface area contributed by atoms with Gasteiger partial charge in [-0.05, 0) is 81.2 Å². The first kappa shape index (κ1) is 25.6. The van der Waals surface area contributed by atoms with Gasteiger partial charge in [0.25, 0.3) is 10.0 Å². The van der Waals surface area contributed by atoms with Crippen LogP contribution in [0.5, 0.6) is 0 Å². The molecule has 1 aliphatic carbocycles. The number of carbonyl (C=O) groups excluding carboxylic acids is 1. The first-order chi connectivity index (χ1) is 15.8. The summed E-state index contributed by atoms with van der Waals surface area (Å²) < 4.78 is 28.2. The molecule has 0 bridgehead atoms. The van der Waals surface area contributed by atoms with E-state index in [1.807, 2.05) is 50.7 Å². The third-order valence-corrected chi connectivity index (χ3v) is 9.19. The fourth-order valence-electron chi connectivity index (χ4n) is 4.22. The molecule has 3 rings (SSSR count). The fraction of sp³-hybridized carbons (Fsp3) is 0.500. The van der Waals surface area contributed by atoms with E-state index >= 15 is 0 Å². The van der Waals surface area contributed by atoms with Gasteiger partial charge in [0.15, 0.2) is 0 Å². The molecule has 0 radical (unpaired) electrons. The number of nitrogens with one attached hydrogen (secondary N) is 1. The minimum absolute atomic E-state index is 0.184. The number of aryl methyl sites for hydroxylation is 3. The van der Waals surface area contributed by atoms with E-state index in [0.29, 0.717) is 12.2 Å². The van der Waals surface area contributed by atoms with E-state index in [2.05, 4.69) is 5.32 Å². The number of amides is 1. The van der Waals surface area contributed by atoms with Crippen LogP contribution in [-0.2, 0) is 14.8 Å². The van der Waals surface area contributed by atoms with Crippen LogP contribution in [0.15, 0.2) is 47.4 Å². The van der Waals surface area contributed by atoms with Crippen molar-refractivity contribution in [2.24, 2.45) is 0 Å². The lowest BCUT2D eigenvalue weighted by Gasteiger charge is -2.25. The van der Waals surface area contributed by atoms with Crippen molar-refractivity contribution in [3.63, 3.8) is 0 Å². The topological polar surface area (TPSA) is 66.5 Å². The van der Waals surface area contributed by atoms with Gasteiger partial charge in [-0.3, -0.25) is 9.10 Å². The van der Waals surface area contributed by atoms with E-state index in [0.717, 1.165) is 34.1 Å². The lowest BCUT2D eigenvalue weighted by atomic mass is 10.0. The van der Waals surface area contributed by atoms with Crippen molar-refractivity contribution in [1.82, 2.24) is 5.32 Å². The number of hydrogen-bond donors (Lipinski definition) is 1. The summed E-state index contributed by atoms with van der Waals surface area (Å²) in [6, 6.07) is 12.4. The third-order valence-electron chi connectivity index (χ3n) is 5.94. The third kappa shape index (κ3) is 7.51. The summed E-state index contributed by atoms with van der Waals surface area (Å²) in [5, 5.41) is 3.68. The van der Waals surface area contributed by atoms with Gasteiger partial charge in [0.05, 0.1) is 10.6 Å². The molecule has 1 amide bonds. The summed E-state index contributed by atoms with van der Waals surface area (Å²) in [5.74, 6) is 0.737. The summed E-state index contributed by atoms with van der Waals surface area (Å²) in [7, 11) is -3.88. The Morgan fingerprint density at radius 2 is 1.61 bits per heavy atom. The highest BCUT2D eigenvalue weighted by Gasteiger charge is 2.27. The van der Waals surface area contributed by atoms with Crippen LogP contribution in [0.25, 0.3) is 0 Å². The lowest BCUT2D eigenvalue weighted by Crippen LogP contribution is -2.41. The van der Waals surface area contributed by atoms with Crippen LogP contribution in [-0.4, -0.2) is 38.4 Å². The molecule has 2 aromatic rings. The number of carbonyl (C=O) groups is 1. The van der Waals surface area contributed by atoms with Crippen LogP contribution < -0.4 is 9.62 Å². The molecule has 0 aliphatic heterocycles. The van der Waals surface area contributed by atoms with Crippen molar-refractivity contribution >= 4 is 33.4 Å². The molecule has 7 heteroatoms. The zero-order valence-electron chi connectivity index (χ0n) is 20.0. The molecule has 0 heterocycles. The second-order valence-corrected chi connectivity index (χ2v) is 12.3. The molecule has 1 N–H and O–H groups in total. The molecular weight excluding hydrogens is 452 g/mol. The quantitative estimate of drug-likeness (QED) is 0.456. The molecule has 0 unspecified atom stereocenters. The molecule has 0 saturated heterocycles. The Morgan fingerprint density at radius 1 is 0.970 bits per heavy atom. The molecule has 2 aromatic carbocycles. The van der Waals surface area contributed by atoms with Crippen molar-refractivity contribution in [3.05, 3.63) is 59.2 Å². The van der Waals surface area contributed by atoms with Gasteiger partial charge in [-0.2, -0.15) is 11.8 Å². The smallest absolute Gasteiger partial charge is 0.264 e. The molecule has 0 spiro atoms. The van der Waals surface area contributed by atoms with Crippen molar-refractivity contribution in [3.8, 4) is 0 Å². The molecule has 0 aromatic heterocycles. The normalized spacial score (nSPS) is 14.8. The second kappa shape index (κ2) is 11.9. The highest BCUT2D eigenvalue weighted by Crippen LogP contribution is 2.28. The minimum Gasteiger partial charge on any atom is -0.354 e. The van der Waals surface area contributed by atoms with E-state index in [4.69, 9.17) is 0 Å². The van der Waals surface area contributed by atoms with Gasteiger partial charge in [0.2, 0.25) is 5.91 Å². The van der Waals surface area contributed by atoms with Crippen LogP contribution in [0, 0.1) is 20.8 Å². The number of rotatable bonds is 10. The number of nitrogens with zero attached hydrogens (tertiary/aromatic N) is 1. The van der Waals surface area contributed by atoms with Crippen molar-refractivity contribution in [1.29, 1.82) is 0 Å². The predicted octanol–water partition coefficient (Wildman–Crippen LogP) is 5.38. The number of anilines is 1. The standard InChI is InChI=1S/C26H36N2O3S2/c1-20-10-12-25(13-11-20)33(30,31)28(23-17-21(2)16-22(3)18-23)19-26(29)27-14-7-15-32-24-8-5-4-6-9-24/h10-13,16-18,24H,4-9,14-15,19H2,1-3H3,(H,27,29). The highest BCUT2D eigenvalue weighted by molar-refractivity contribution is 7.99. The summed E-state index contributed by atoms with van der Waals surface area (Å²) in [5.41, 5.74) is 3.40. The van der Waals surface area contributed by atoms with Gasteiger partial charge < -0.3 is 5.32 Å². The monoisotopic (exact) mass is 488 g/mol. The Balaban J connectivity index is 1.66. The van der Waals surface area contributed by atoms with Gasteiger partial charge in [-0.1, -0.05) is 43.0 Å². The summed E-state index contributed by atoms with van der Waals surface area (Å²) in [6.07, 6.45) is 7.52. The van der Waals surface area contributed by atoms with Crippen molar-refractivity contribution in [2.75, 3.05) is 23.1 Å². The Kier molecular flexibility index (Phi) is 9.27. The maximum absolute atomic E-state index is 13.5. The molecule has 33 heavy (non-hydrogen) atoms. The largest absolute Gasteiger partial charge is 0.354 e. The molecular formula is C26H36N2O3S2. The van der Waals surface area contributed by atoms with Gasteiger partial charge in [-0.25, -0.2) is 8.42 Å². The van der Waals surface area contributed by atoms with E-state index in [1.165, 1.54) is 36.4 Å². The number of hydrogen-bond acceptors (Lipinski definition) is 4.